The van der Waals surface area contributed by atoms with Gasteiger partial charge in [0, 0.05) is 16.0 Å². The minimum absolute atomic E-state index is 0.607. The van der Waals surface area contributed by atoms with E-state index >= 15 is 0 Å². The van der Waals surface area contributed by atoms with Crippen molar-refractivity contribution in [3.05, 3.63) is 65.2 Å². The van der Waals surface area contributed by atoms with Gasteiger partial charge in [-0.2, -0.15) is 0 Å². The van der Waals surface area contributed by atoms with Crippen LogP contribution >= 0.6 is 11.6 Å². The summed E-state index contributed by atoms with van der Waals surface area (Å²) in [5.74, 6) is 0.809. The second-order valence-electron chi connectivity index (χ2n) is 4.71. The van der Waals surface area contributed by atoms with Gasteiger partial charge in [0.1, 0.15) is 5.75 Å². The van der Waals surface area contributed by atoms with Crippen molar-refractivity contribution >= 4 is 28.7 Å². The highest BCUT2D eigenvalue weighted by molar-refractivity contribution is 6.31. The molecule has 0 N–H and O–H groups in total. The quantitative estimate of drug-likeness (QED) is 0.637. The number of carbonyl (C=O) groups excluding carboxylic acids is 1. The van der Waals surface area contributed by atoms with Crippen molar-refractivity contribution in [3.8, 4) is 16.9 Å². The molecule has 0 atom stereocenters. The standard InChI is InChI=1S/C18H13ClO2/c1-21-18-9-8-15(14-4-2-3-5-16(14)18)17-10-13(19)7-6-12(17)11-20/h2-11H,1H3. The molecule has 3 rings (SSSR count). The Bertz CT molecular complexity index is 825. The van der Waals surface area contributed by atoms with E-state index < -0.39 is 0 Å². The summed E-state index contributed by atoms with van der Waals surface area (Å²) in [5.41, 5.74) is 2.42. The minimum Gasteiger partial charge on any atom is -0.496 e. The summed E-state index contributed by atoms with van der Waals surface area (Å²) in [7, 11) is 1.65. The maximum atomic E-state index is 11.3. The molecule has 0 saturated heterocycles. The summed E-state index contributed by atoms with van der Waals surface area (Å²) in [6, 6.07) is 17.1. The second-order valence-corrected chi connectivity index (χ2v) is 5.15. The molecular weight excluding hydrogens is 284 g/mol. The van der Waals surface area contributed by atoms with Crippen LogP contribution in [-0.4, -0.2) is 13.4 Å². The topological polar surface area (TPSA) is 26.3 Å². The molecule has 0 radical (unpaired) electrons. The number of hydrogen-bond donors (Lipinski definition) is 0. The lowest BCUT2D eigenvalue weighted by atomic mass is 9.94. The molecule has 0 aliphatic heterocycles. The highest BCUT2D eigenvalue weighted by atomic mass is 35.5. The lowest BCUT2D eigenvalue weighted by Crippen LogP contribution is -1.91. The van der Waals surface area contributed by atoms with Crippen molar-refractivity contribution < 1.29 is 9.53 Å². The van der Waals surface area contributed by atoms with Gasteiger partial charge in [-0.25, -0.2) is 0 Å². The highest BCUT2D eigenvalue weighted by Gasteiger charge is 2.11. The Morgan fingerprint density at radius 2 is 1.71 bits per heavy atom. The fourth-order valence-electron chi connectivity index (χ4n) is 2.55. The van der Waals surface area contributed by atoms with Crippen molar-refractivity contribution in [1.29, 1.82) is 0 Å². The van der Waals surface area contributed by atoms with Crippen LogP contribution in [0.1, 0.15) is 10.4 Å². The van der Waals surface area contributed by atoms with Crippen LogP contribution in [0.2, 0.25) is 5.02 Å². The SMILES string of the molecule is COc1ccc(-c2cc(Cl)ccc2C=O)c2ccccc12. The van der Waals surface area contributed by atoms with Crippen LogP contribution in [0, 0.1) is 0 Å². The smallest absolute Gasteiger partial charge is 0.150 e. The van der Waals surface area contributed by atoms with E-state index in [1.807, 2.05) is 42.5 Å². The Hall–Kier alpha value is -2.32. The third-order valence-electron chi connectivity index (χ3n) is 3.54. The average Bonchev–Trinajstić information content (AvgIpc) is 2.53. The molecule has 3 heteroatoms. The number of aldehydes is 1. The lowest BCUT2D eigenvalue weighted by molar-refractivity contribution is 0.112. The Labute approximate surface area is 127 Å². The molecule has 0 amide bonds. The van der Waals surface area contributed by atoms with Crippen molar-refractivity contribution in [2.24, 2.45) is 0 Å². The first-order valence-corrected chi connectivity index (χ1v) is 6.93. The molecule has 3 aromatic carbocycles. The number of carbonyl (C=O) groups is 1. The van der Waals surface area contributed by atoms with Crippen LogP contribution in [0.15, 0.2) is 54.6 Å². The monoisotopic (exact) mass is 296 g/mol. The fraction of sp³-hybridized carbons (Fsp3) is 0.0556. The Morgan fingerprint density at radius 1 is 0.952 bits per heavy atom. The first-order valence-electron chi connectivity index (χ1n) is 6.55. The molecule has 0 aliphatic rings. The third kappa shape index (κ3) is 2.39. The fourth-order valence-corrected chi connectivity index (χ4v) is 2.72. The Morgan fingerprint density at radius 3 is 2.43 bits per heavy atom. The number of rotatable bonds is 3. The number of fused-ring (bicyclic) bond motifs is 1. The van der Waals surface area contributed by atoms with Crippen LogP contribution in [0.4, 0.5) is 0 Å². The molecule has 0 spiro atoms. The summed E-state index contributed by atoms with van der Waals surface area (Å²) in [6.45, 7) is 0. The molecule has 0 heterocycles. The molecule has 21 heavy (non-hydrogen) atoms. The lowest BCUT2D eigenvalue weighted by Gasteiger charge is -2.12. The molecule has 0 aliphatic carbocycles. The third-order valence-corrected chi connectivity index (χ3v) is 3.77. The van der Waals surface area contributed by atoms with Gasteiger partial charge in [0.2, 0.25) is 0 Å². The van der Waals surface area contributed by atoms with Gasteiger partial charge in [-0.05, 0) is 40.8 Å². The number of ether oxygens (including phenoxy) is 1. The van der Waals surface area contributed by atoms with Gasteiger partial charge < -0.3 is 4.74 Å². The van der Waals surface area contributed by atoms with Crippen LogP contribution in [0.5, 0.6) is 5.75 Å². The molecule has 104 valence electrons. The molecule has 2 nitrogen and oxygen atoms in total. The Balaban J connectivity index is 2.36. The van der Waals surface area contributed by atoms with Gasteiger partial charge in [-0.1, -0.05) is 41.9 Å². The predicted molar refractivity (Wildman–Crippen MR) is 86.3 cm³/mol. The van der Waals surface area contributed by atoms with Gasteiger partial charge in [0.15, 0.2) is 6.29 Å². The summed E-state index contributed by atoms with van der Waals surface area (Å²) in [6.07, 6.45) is 0.852. The van der Waals surface area contributed by atoms with E-state index in [9.17, 15) is 4.79 Å². The summed E-state index contributed by atoms with van der Waals surface area (Å²) >= 11 is 6.09. The molecule has 0 fully saturated rings. The highest BCUT2D eigenvalue weighted by Crippen LogP contribution is 2.36. The average molecular weight is 297 g/mol. The van der Waals surface area contributed by atoms with E-state index in [2.05, 4.69) is 0 Å². The van der Waals surface area contributed by atoms with Crippen LogP contribution in [-0.2, 0) is 0 Å². The van der Waals surface area contributed by atoms with Gasteiger partial charge in [0.05, 0.1) is 7.11 Å². The summed E-state index contributed by atoms with van der Waals surface area (Å²) in [5, 5.41) is 2.65. The largest absolute Gasteiger partial charge is 0.496 e. The number of benzene rings is 3. The molecule has 3 aromatic rings. The first-order chi connectivity index (χ1) is 10.2. The maximum Gasteiger partial charge on any atom is 0.150 e. The van der Waals surface area contributed by atoms with E-state index in [1.165, 1.54) is 0 Å². The molecule has 0 saturated carbocycles. The zero-order chi connectivity index (χ0) is 14.8. The summed E-state index contributed by atoms with van der Waals surface area (Å²) < 4.78 is 5.40. The van der Waals surface area contributed by atoms with E-state index in [4.69, 9.17) is 16.3 Å². The summed E-state index contributed by atoms with van der Waals surface area (Å²) in [4.78, 5) is 11.3. The maximum absolute atomic E-state index is 11.3. The van der Waals surface area contributed by atoms with E-state index in [0.29, 0.717) is 10.6 Å². The van der Waals surface area contributed by atoms with Crippen LogP contribution < -0.4 is 4.74 Å². The van der Waals surface area contributed by atoms with E-state index in [-0.39, 0.29) is 0 Å². The number of hydrogen-bond acceptors (Lipinski definition) is 2. The van der Waals surface area contributed by atoms with Crippen molar-refractivity contribution in [2.75, 3.05) is 7.11 Å². The molecule has 0 unspecified atom stereocenters. The predicted octanol–water partition coefficient (Wildman–Crippen LogP) is 4.98. The van der Waals surface area contributed by atoms with E-state index in [1.54, 1.807) is 19.2 Å². The van der Waals surface area contributed by atoms with Crippen molar-refractivity contribution in [1.82, 2.24) is 0 Å². The zero-order valence-corrected chi connectivity index (χ0v) is 12.2. The minimum atomic E-state index is 0.607. The molecular formula is C18H13ClO2. The number of methoxy groups -OCH3 is 1. The van der Waals surface area contributed by atoms with Gasteiger partial charge in [-0.3, -0.25) is 4.79 Å². The van der Waals surface area contributed by atoms with Crippen LogP contribution in [0.25, 0.3) is 21.9 Å². The molecule has 0 bridgehead atoms. The normalized spacial score (nSPS) is 10.6. The first kappa shape index (κ1) is 13.7. The van der Waals surface area contributed by atoms with Gasteiger partial charge in [0.25, 0.3) is 0 Å². The van der Waals surface area contributed by atoms with Crippen LogP contribution in [0.3, 0.4) is 0 Å². The number of halogens is 1. The van der Waals surface area contributed by atoms with Crippen molar-refractivity contribution in [3.63, 3.8) is 0 Å². The zero-order valence-electron chi connectivity index (χ0n) is 11.5. The second kappa shape index (κ2) is 5.58. The molecule has 0 aromatic heterocycles. The Kier molecular flexibility index (Phi) is 3.63. The van der Waals surface area contributed by atoms with Crippen molar-refractivity contribution in [2.45, 2.75) is 0 Å². The van der Waals surface area contributed by atoms with E-state index in [0.717, 1.165) is 33.9 Å². The van der Waals surface area contributed by atoms with Gasteiger partial charge in [-0.15, -0.1) is 0 Å². The van der Waals surface area contributed by atoms with Gasteiger partial charge >= 0.3 is 0 Å².